The lowest BCUT2D eigenvalue weighted by Crippen LogP contribution is -2.02. The summed E-state index contributed by atoms with van der Waals surface area (Å²) in [5, 5.41) is 17.1. The molecule has 0 unspecified atom stereocenters. The first-order valence-corrected chi connectivity index (χ1v) is 6.20. The van der Waals surface area contributed by atoms with E-state index in [9.17, 15) is 18.9 Å². The Morgan fingerprint density at radius 2 is 2.15 bits per heavy atom. The summed E-state index contributed by atoms with van der Waals surface area (Å²) in [6, 6.07) is 1.51. The number of nitrogens with one attached hydrogen (secondary N) is 1. The molecule has 0 spiro atoms. The maximum atomic E-state index is 14.2. The zero-order chi connectivity index (χ0) is 14.4. The van der Waals surface area contributed by atoms with Gasteiger partial charge in [0, 0.05) is 6.04 Å². The summed E-state index contributed by atoms with van der Waals surface area (Å²) >= 11 is 5.04. The van der Waals surface area contributed by atoms with E-state index in [-0.39, 0.29) is 22.2 Å². The summed E-state index contributed by atoms with van der Waals surface area (Å²) in [5.41, 5.74) is -1.19. The van der Waals surface area contributed by atoms with E-state index in [1.54, 1.807) is 4.57 Å². The summed E-state index contributed by atoms with van der Waals surface area (Å²) < 4.78 is 29.5. The summed E-state index contributed by atoms with van der Waals surface area (Å²) in [5.74, 6) is -1.94. The zero-order valence-corrected chi connectivity index (χ0v) is 10.8. The van der Waals surface area contributed by atoms with Gasteiger partial charge in [0.15, 0.2) is 10.6 Å². The van der Waals surface area contributed by atoms with E-state index in [1.165, 1.54) is 0 Å². The molecule has 1 aromatic carbocycles. The van der Waals surface area contributed by atoms with Crippen LogP contribution in [0.15, 0.2) is 12.1 Å². The molecule has 3 rings (SSSR count). The Labute approximate surface area is 116 Å². The minimum Gasteiger partial charge on any atom is -0.297 e. The van der Waals surface area contributed by atoms with Crippen LogP contribution in [0.3, 0.4) is 0 Å². The first kappa shape index (κ1) is 12.9. The fraction of sp³-hybridized carbons (Fsp3) is 0.273. The summed E-state index contributed by atoms with van der Waals surface area (Å²) in [6.07, 6.45) is 1.72. The third-order valence-electron chi connectivity index (χ3n) is 3.07. The number of halogens is 2. The average molecular weight is 298 g/mol. The Hall–Kier alpha value is -2.16. The molecule has 1 aliphatic carbocycles. The van der Waals surface area contributed by atoms with E-state index >= 15 is 0 Å². The van der Waals surface area contributed by atoms with Crippen LogP contribution in [0.2, 0.25) is 0 Å². The monoisotopic (exact) mass is 298 g/mol. The maximum absolute atomic E-state index is 14.2. The third-order valence-corrected chi connectivity index (χ3v) is 3.36. The number of hydrogen-bond acceptors (Lipinski definition) is 4. The molecule has 0 bridgehead atoms. The van der Waals surface area contributed by atoms with Crippen LogP contribution in [0.5, 0.6) is 0 Å². The Kier molecular flexibility index (Phi) is 2.85. The first-order chi connectivity index (χ1) is 9.49. The lowest BCUT2D eigenvalue weighted by molar-refractivity contribution is -0.387. The Morgan fingerprint density at radius 1 is 1.45 bits per heavy atom. The second-order valence-corrected chi connectivity index (χ2v) is 4.88. The topological polar surface area (TPSA) is 76.8 Å². The lowest BCUT2D eigenvalue weighted by Gasteiger charge is -2.06. The van der Waals surface area contributed by atoms with Crippen molar-refractivity contribution >= 4 is 17.9 Å². The molecular weight excluding hydrogens is 290 g/mol. The van der Waals surface area contributed by atoms with Gasteiger partial charge in [-0.3, -0.25) is 19.8 Å². The molecule has 0 amide bonds. The van der Waals surface area contributed by atoms with E-state index in [0.717, 1.165) is 18.9 Å². The molecular formula is C11H8F2N4O2S. The molecule has 104 valence electrons. The van der Waals surface area contributed by atoms with Gasteiger partial charge in [0.05, 0.1) is 16.6 Å². The number of hydrogen-bond donors (Lipinski definition) is 1. The van der Waals surface area contributed by atoms with Gasteiger partial charge in [-0.15, -0.1) is 0 Å². The quantitative estimate of drug-likeness (QED) is 0.536. The van der Waals surface area contributed by atoms with Crippen molar-refractivity contribution in [2.75, 3.05) is 0 Å². The summed E-state index contributed by atoms with van der Waals surface area (Å²) in [4.78, 5) is 9.77. The summed E-state index contributed by atoms with van der Waals surface area (Å²) in [6.45, 7) is 0. The van der Waals surface area contributed by atoms with E-state index < -0.39 is 22.2 Å². The van der Waals surface area contributed by atoms with Crippen molar-refractivity contribution in [2.45, 2.75) is 18.9 Å². The molecule has 0 radical (unpaired) electrons. The van der Waals surface area contributed by atoms with Crippen molar-refractivity contribution in [1.29, 1.82) is 0 Å². The van der Waals surface area contributed by atoms with Crippen molar-refractivity contribution in [2.24, 2.45) is 0 Å². The third kappa shape index (κ3) is 1.99. The molecule has 1 aromatic heterocycles. The number of nitro benzene ring substituents is 1. The molecule has 20 heavy (non-hydrogen) atoms. The molecule has 1 saturated carbocycles. The molecule has 1 aliphatic rings. The fourth-order valence-electron chi connectivity index (χ4n) is 2.04. The number of benzene rings is 1. The van der Waals surface area contributed by atoms with Gasteiger partial charge in [-0.05, 0) is 31.1 Å². The number of rotatable bonds is 3. The number of H-pyrrole nitrogens is 1. The van der Waals surface area contributed by atoms with Crippen molar-refractivity contribution in [1.82, 2.24) is 14.8 Å². The van der Waals surface area contributed by atoms with Crippen molar-refractivity contribution < 1.29 is 13.7 Å². The largest absolute Gasteiger partial charge is 0.308 e. The molecule has 6 nitrogen and oxygen atoms in total. The van der Waals surface area contributed by atoms with Gasteiger partial charge in [-0.2, -0.15) is 9.49 Å². The van der Waals surface area contributed by atoms with E-state index in [1.807, 2.05) is 0 Å². The molecule has 9 heteroatoms. The van der Waals surface area contributed by atoms with Gasteiger partial charge in [-0.25, -0.2) is 4.39 Å². The molecule has 0 atom stereocenters. The van der Waals surface area contributed by atoms with Crippen LogP contribution in [0.1, 0.15) is 18.9 Å². The number of nitro groups is 1. The molecule has 0 saturated heterocycles. The lowest BCUT2D eigenvalue weighted by atomic mass is 10.1. The first-order valence-electron chi connectivity index (χ1n) is 5.79. The number of nitrogens with zero attached hydrogens (tertiary/aromatic N) is 3. The zero-order valence-electron chi connectivity index (χ0n) is 9.97. The predicted molar refractivity (Wildman–Crippen MR) is 67.7 cm³/mol. The van der Waals surface area contributed by atoms with Gasteiger partial charge < -0.3 is 0 Å². The van der Waals surface area contributed by atoms with Crippen LogP contribution in [-0.4, -0.2) is 19.7 Å². The molecule has 1 fully saturated rings. The van der Waals surface area contributed by atoms with Gasteiger partial charge in [0.2, 0.25) is 5.82 Å². The average Bonchev–Trinajstić information content (AvgIpc) is 3.15. The SMILES string of the molecule is O=[N+]([O-])c1cc(F)cc(-c2n[nH]c(=S)n2C2CC2)c1F. The highest BCUT2D eigenvalue weighted by Crippen LogP contribution is 2.39. The van der Waals surface area contributed by atoms with E-state index in [4.69, 9.17) is 12.2 Å². The van der Waals surface area contributed by atoms with Crippen molar-refractivity contribution in [3.8, 4) is 11.4 Å². The smallest absolute Gasteiger partial charge is 0.297 e. The van der Waals surface area contributed by atoms with E-state index in [2.05, 4.69) is 10.2 Å². The second-order valence-electron chi connectivity index (χ2n) is 4.50. The highest BCUT2D eigenvalue weighted by molar-refractivity contribution is 7.71. The van der Waals surface area contributed by atoms with Crippen LogP contribution >= 0.6 is 12.2 Å². The summed E-state index contributed by atoms with van der Waals surface area (Å²) in [7, 11) is 0. The molecule has 1 N–H and O–H groups in total. The normalized spacial score (nSPS) is 14.5. The number of aromatic nitrogens is 3. The standard InChI is InChI=1S/C11H8F2N4O2S/c12-5-3-7(9(13)8(4-5)17(18)19)10-14-15-11(20)16(10)6-1-2-6/h3-4,6H,1-2H2,(H,15,20). The van der Waals surface area contributed by atoms with Gasteiger partial charge in [-0.1, -0.05) is 0 Å². The van der Waals surface area contributed by atoms with Crippen LogP contribution in [0.4, 0.5) is 14.5 Å². The van der Waals surface area contributed by atoms with Gasteiger partial charge >= 0.3 is 5.69 Å². The van der Waals surface area contributed by atoms with Crippen LogP contribution in [0, 0.1) is 26.5 Å². The van der Waals surface area contributed by atoms with Crippen LogP contribution in [0.25, 0.3) is 11.4 Å². The van der Waals surface area contributed by atoms with Crippen molar-refractivity contribution in [3.63, 3.8) is 0 Å². The van der Waals surface area contributed by atoms with E-state index in [0.29, 0.717) is 6.07 Å². The fourth-order valence-corrected chi connectivity index (χ4v) is 2.32. The van der Waals surface area contributed by atoms with Gasteiger partial charge in [0.25, 0.3) is 0 Å². The Morgan fingerprint density at radius 3 is 2.75 bits per heavy atom. The van der Waals surface area contributed by atoms with Crippen molar-refractivity contribution in [3.05, 3.63) is 38.7 Å². The molecule has 0 aliphatic heterocycles. The van der Waals surface area contributed by atoms with Gasteiger partial charge in [0.1, 0.15) is 5.82 Å². The molecule has 2 aromatic rings. The second kappa shape index (κ2) is 4.44. The Bertz CT molecular complexity index is 766. The minimum absolute atomic E-state index is 0.0811. The Balaban J connectivity index is 2.25. The van der Waals surface area contributed by atoms with Crippen LogP contribution < -0.4 is 0 Å². The highest BCUT2D eigenvalue weighted by atomic mass is 32.1. The minimum atomic E-state index is -1.12. The predicted octanol–water partition coefficient (Wildman–Crippen LogP) is 3.13. The van der Waals surface area contributed by atoms with Crippen LogP contribution in [-0.2, 0) is 0 Å². The maximum Gasteiger partial charge on any atom is 0.308 e. The number of aromatic amines is 1. The highest BCUT2D eigenvalue weighted by Gasteiger charge is 2.30. The molecule has 1 heterocycles.